The Balaban J connectivity index is 1.74. The maximum atomic E-state index is 13.5. The van der Waals surface area contributed by atoms with Gasteiger partial charge in [0.05, 0.1) is 23.0 Å². The van der Waals surface area contributed by atoms with Gasteiger partial charge in [0.2, 0.25) is 0 Å². The lowest BCUT2D eigenvalue weighted by molar-refractivity contribution is -0.136. The normalized spacial score (nSPS) is 12.8. The van der Waals surface area contributed by atoms with Crippen LogP contribution in [-0.2, 0) is 6.18 Å². The van der Waals surface area contributed by atoms with Crippen molar-refractivity contribution < 1.29 is 18.0 Å². The number of nitrogens with one attached hydrogen (secondary N) is 2. The molecule has 2 aromatic heterocycles. The quantitative estimate of drug-likeness (QED) is 0.632. The first-order valence-corrected chi connectivity index (χ1v) is 9.44. The first kappa shape index (κ1) is 20.8. The van der Waals surface area contributed by atoms with Crippen LogP contribution in [0.25, 0.3) is 5.69 Å². The van der Waals surface area contributed by atoms with Gasteiger partial charge in [0.25, 0.3) is 0 Å². The van der Waals surface area contributed by atoms with Gasteiger partial charge in [-0.25, -0.2) is 14.5 Å². The van der Waals surface area contributed by atoms with Crippen LogP contribution in [0.2, 0.25) is 0 Å². The summed E-state index contributed by atoms with van der Waals surface area (Å²) in [7, 11) is 3.74. The molecule has 0 aliphatic heterocycles. The summed E-state index contributed by atoms with van der Waals surface area (Å²) in [4.78, 5) is 19.0. The van der Waals surface area contributed by atoms with E-state index in [1.165, 1.54) is 29.5 Å². The summed E-state index contributed by atoms with van der Waals surface area (Å²) in [5.74, 6) is 0. The minimum absolute atomic E-state index is 0.0856. The van der Waals surface area contributed by atoms with Crippen LogP contribution in [0.15, 0.2) is 48.4 Å². The number of amides is 2. The molecule has 0 saturated heterocycles. The van der Waals surface area contributed by atoms with Gasteiger partial charge in [-0.1, -0.05) is 6.07 Å². The number of rotatable bonds is 6. The summed E-state index contributed by atoms with van der Waals surface area (Å²) in [5.41, 5.74) is -1.12. The summed E-state index contributed by atoms with van der Waals surface area (Å²) in [6.07, 6.45) is -2.13. The van der Waals surface area contributed by atoms with Crippen molar-refractivity contribution in [2.75, 3.05) is 26.0 Å². The Hall–Kier alpha value is -2.92. The standard InChI is InChI=1S/C18H19F3N6OS/c1-26(2)15(16-4-3-7-29-16)9-23-17(28)25-14-6-5-12(27-11-22-10-24-27)8-13(14)18(19,20)21/h3-8,10-11,15H,9H2,1-2H3,(H2,23,25,28)/t15-/m0/s1. The number of aromatic nitrogens is 3. The number of alkyl halides is 3. The van der Waals surface area contributed by atoms with Crippen molar-refractivity contribution in [2.45, 2.75) is 12.2 Å². The average Bonchev–Trinajstić information content (AvgIpc) is 3.35. The van der Waals surface area contributed by atoms with Crippen molar-refractivity contribution in [1.29, 1.82) is 0 Å². The van der Waals surface area contributed by atoms with Crippen LogP contribution in [-0.4, -0.2) is 46.3 Å². The van der Waals surface area contributed by atoms with Gasteiger partial charge in [0, 0.05) is 11.4 Å². The van der Waals surface area contributed by atoms with Gasteiger partial charge in [0.15, 0.2) is 0 Å². The largest absolute Gasteiger partial charge is 0.418 e. The van der Waals surface area contributed by atoms with Gasteiger partial charge in [0.1, 0.15) is 12.7 Å². The predicted molar refractivity (Wildman–Crippen MR) is 104 cm³/mol. The fraction of sp³-hybridized carbons (Fsp3) is 0.278. The summed E-state index contributed by atoms with van der Waals surface area (Å²) in [5, 5.41) is 10.7. The minimum Gasteiger partial charge on any atom is -0.336 e. The number of carbonyl (C=O) groups excluding carboxylic acids is 1. The third-order valence-corrected chi connectivity index (χ3v) is 5.16. The maximum Gasteiger partial charge on any atom is 0.418 e. The minimum atomic E-state index is -4.65. The van der Waals surface area contributed by atoms with E-state index in [-0.39, 0.29) is 24.0 Å². The molecule has 3 aromatic rings. The van der Waals surface area contributed by atoms with E-state index in [0.29, 0.717) is 0 Å². The average molecular weight is 424 g/mol. The van der Waals surface area contributed by atoms with Crippen LogP contribution >= 0.6 is 11.3 Å². The molecule has 1 atom stereocenters. The molecule has 2 N–H and O–H groups in total. The van der Waals surface area contributed by atoms with Gasteiger partial charge >= 0.3 is 12.2 Å². The number of carbonyl (C=O) groups is 1. The summed E-state index contributed by atoms with van der Waals surface area (Å²) >= 11 is 1.55. The summed E-state index contributed by atoms with van der Waals surface area (Å²) in [6.45, 7) is 0.248. The highest BCUT2D eigenvalue weighted by atomic mass is 32.1. The predicted octanol–water partition coefficient (Wildman–Crippen LogP) is 3.77. The maximum absolute atomic E-state index is 13.5. The molecule has 0 aliphatic carbocycles. The van der Waals surface area contributed by atoms with E-state index < -0.39 is 17.8 Å². The number of halogens is 3. The second-order valence-electron chi connectivity index (χ2n) is 6.40. The van der Waals surface area contributed by atoms with Crippen molar-refractivity contribution in [1.82, 2.24) is 25.0 Å². The number of likely N-dealkylation sites (N-methyl/N-ethyl adjacent to an activating group) is 1. The number of hydrogen-bond donors (Lipinski definition) is 2. The first-order valence-electron chi connectivity index (χ1n) is 8.56. The SMILES string of the molecule is CN(C)[C@@H](CNC(=O)Nc1ccc(-n2cncn2)cc1C(F)(F)F)c1cccs1. The Bertz CT molecular complexity index is 941. The molecule has 7 nitrogen and oxygen atoms in total. The third kappa shape index (κ3) is 5.12. The zero-order valence-electron chi connectivity index (χ0n) is 15.6. The Morgan fingerprint density at radius 3 is 2.69 bits per heavy atom. The fourth-order valence-corrected chi connectivity index (χ4v) is 3.66. The van der Waals surface area contributed by atoms with Crippen LogP contribution in [0.5, 0.6) is 0 Å². The molecule has 0 aliphatic rings. The van der Waals surface area contributed by atoms with E-state index in [9.17, 15) is 18.0 Å². The molecular formula is C18H19F3N6OS. The van der Waals surface area contributed by atoms with E-state index in [2.05, 4.69) is 20.7 Å². The lowest BCUT2D eigenvalue weighted by Gasteiger charge is -2.24. The third-order valence-electron chi connectivity index (χ3n) is 4.19. The highest BCUT2D eigenvalue weighted by Crippen LogP contribution is 2.36. The Kier molecular flexibility index (Phi) is 6.18. The molecule has 3 rings (SSSR count). The zero-order valence-corrected chi connectivity index (χ0v) is 16.5. The monoisotopic (exact) mass is 424 g/mol. The second-order valence-corrected chi connectivity index (χ2v) is 7.38. The summed E-state index contributed by atoms with van der Waals surface area (Å²) < 4.78 is 41.7. The highest BCUT2D eigenvalue weighted by Gasteiger charge is 2.34. The molecule has 2 heterocycles. The molecule has 0 spiro atoms. The highest BCUT2D eigenvalue weighted by molar-refractivity contribution is 7.10. The first-order chi connectivity index (χ1) is 13.8. The van der Waals surface area contributed by atoms with E-state index in [0.717, 1.165) is 10.9 Å². The fourth-order valence-electron chi connectivity index (χ4n) is 2.73. The van der Waals surface area contributed by atoms with E-state index >= 15 is 0 Å². The molecule has 0 radical (unpaired) electrons. The Morgan fingerprint density at radius 1 is 1.31 bits per heavy atom. The number of benzene rings is 1. The van der Waals surface area contributed by atoms with Crippen molar-refractivity contribution in [2.24, 2.45) is 0 Å². The van der Waals surface area contributed by atoms with Crippen molar-refractivity contribution in [3.05, 3.63) is 58.8 Å². The van der Waals surface area contributed by atoms with Crippen LogP contribution in [0, 0.1) is 0 Å². The molecule has 0 saturated carbocycles. The molecule has 0 unspecified atom stereocenters. The number of hydrogen-bond acceptors (Lipinski definition) is 5. The smallest absolute Gasteiger partial charge is 0.336 e. The van der Waals surface area contributed by atoms with Crippen LogP contribution < -0.4 is 10.6 Å². The Morgan fingerprint density at radius 2 is 2.10 bits per heavy atom. The number of urea groups is 1. The van der Waals surface area contributed by atoms with Crippen LogP contribution in [0.1, 0.15) is 16.5 Å². The van der Waals surface area contributed by atoms with Gasteiger partial charge in [-0.05, 0) is 43.7 Å². The molecule has 0 fully saturated rings. The summed E-state index contributed by atoms with van der Waals surface area (Å²) in [6, 6.07) is 6.58. The molecule has 2 amide bonds. The van der Waals surface area contributed by atoms with E-state index in [4.69, 9.17) is 0 Å². The van der Waals surface area contributed by atoms with Crippen LogP contribution in [0.4, 0.5) is 23.7 Å². The van der Waals surface area contributed by atoms with Gasteiger partial charge in [-0.3, -0.25) is 0 Å². The van der Waals surface area contributed by atoms with E-state index in [1.807, 2.05) is 36.5 Å². The molecule has 1 aromatic carbocycles. The molecule has 0 bridgehead atoms. The molecule has 154 valence electrons. The second kappa shape index (κ2) is 8.62. The van der Waals surface area contributed by atoms with Gasteiger partial charge in [-0.2, -0.15) is 18.3 Å². The van der Waals surface area contributed by atoms with Crippen molar-refractivity contribution in [3.63, 3.8) is 0 Å². The van der Waals surface area contributed by atoms with Crippen molar-refractivity contribution >= 4 is 23.1 Å². The van der Waals surface area contributed by atoms with Crippen molar-refractivity contribution in [3.8, 4) is 5.69 Å². The number of nitrogens with zero attached hydrogens (tertiary/aromatic N) is 4. The zero-order chi connectivity index (χ0) is 21.0. The Labute approximate surface area is 169 Å². The molecule has 11 heteroatoms. The molecule has 29 heavy (non-hydrogen) atoms. The topological polar surface area (TPSA) is 75.1 Å². The van der Waals surface area contributed by atoms with E-state index in [1.54, 1.807) is 11.3 Å². The van der Waals surface area contributed by atoms with Gasteiger partial charge < -0.3 is 15.5 Å². The number of anilines is 1. The van der Waals surface area contributed by atoms with Crippen LogP contribution in [0.3, 0.4) is 0 Å². The van der Waals surface area contributed by atoms with Gasteiger partial charge in [-0.15, -0.1) is 11.3 Å². The molecular weight excluding hydrogens is 405 g/mol. The number of thiophene rings is 1. The lowest BCUT2D eigenvalue weighted by Crippen LogP contribution is -2.37. The lowest BCUT2D eigenvalue weighted by atomic mass is 10.1.